The molecule has 0 saturated heterocycles. The Balaban J connectivity index is 3.75. The fourth-order valence-corrected chi connectivity index (χ4v) is 4.15. The lowest BCUT2D eigenvalue weighted by Gasteiger charge is -2.14. The number of aldehydes is 1. The van der Waals surface area contributed by atoms with Crippen molar-refractivity contribution in [2.45, 2.75) is 134 Å². The van der Waals surface area contributed by atoms with Gasteiger partial charge in [-0.2, -0.15) is 5.43 Å². The Kier molecular flexibility index (Phi) is 23.1. The van der Waals surface area contributed by atoms with Gasteiger partial charge in [0.15, 0.2) is 0 Å². The maximum absolute atomic E-state index is 12.1. The second kappa shape index (κ2) is 24.8. The molecule has 0 rings (SSSR count). The highest BCUT2D eigenvalue weighted by atomic mass is 16.4. The summed E-state index contributed by atoms with van der Waals surface area (Å²) < 4.78 is 0. The van der Waals surface area contributed by atoms with Crippen LogP contribution in [-0.2, 0) is 24.0 Å². The second-order valence-corrected chi connectivity index (χ2v) is 9.93. The number of aliphatic carboxylic acids is 2. The zero-order valence-corrected chi connectivity index (χ0v) is 23.0. The molecule has 38 heavy (non-hydrogen) atoms. The number of carbonyl (C=O) groups excluding carboxylic acids is 3. The number of carboxylic acids is 2. The molecule has 2 atom stereocenters. The van der Waals surface area contributed by atoms with Crippen molar-refractivity contribution in [1.29, 1.82) is 0 Å². The number of unbranched alkanes of at least 4 members (excludes halogenated alkanes) is 12. The number of quaternary nitrogens is 1. The maximum Gasteiger partial charge on any atom is 0.326 e. The van der Waals surface area contributed by atoms with Gasteiger partial charge < -0.3 is 25.6 Å². The van der Waals surface area contributed by atoms with Crippen molar-refractivity contribution in [2.75, 3.05) is 6.54 Å². The van der Waals surface area contributed by atoms with Crippen LogP contribution in [0.25, 0.3) is 0 Å². The molecule has 0 fully saturated rings. The fraction of sp³-hybridized carbons (Fsp3) is 0.815. The summed E-state index contributed by atoms with van der Waals surface area (Å²) in [6, 6.07) is -1.37. The van der Waals surface area contributed by atoms with Crippen LogP contribution < -0.4 is 21.9 Å². The Morgan fingerprint density at radius 3 is 1.66 bits per heavy atom. The lowest BCUT2D eigenvalue weighted by Crippen LogP contribution is -2.69. The molecule has 0 bridgehead atoms. The first-order valence-electron chi connectivity index (χ1n) is 14.3. The van der Waals surface area contributed by atoms with E-state index in [0.717, 1.165) is 57.7 Å². The Hall–Kier alpha value is -2.53. The maximum atomic E-state index is 12.1. The summed E-state index contributed by atoms with van der Waals surface area (Å²) in [6.07, 6.45) is 16.1. The minimum absolute atomic E-state index is 0.0133. The first-order chi connectivity index (χ1) is 18.3. The normalized spacial score (nSPS) is 12.4. The minimum Gasteiger partial charge on any atom is -0.481 e. The highest BCUT2D eigenvalue weighted by molar-refractivity contribution is 5.84. The third-order valence-corrected chi connectivity index (χ3v) is 6.53. The summed E-state index contributed by atoms with van der Waals surface area (Å²) in [5.74, 6) is 1.05. The van der Waals surface area contributed by atoms with E-state index < -0.39 is 18.0 Å². The summed E-state index contributed by atoms with van der Waals surface area (Å²) in [6.45, 7) is 0.446. The molecule has 220 valence electrons. The molecule has 11 nitrogen and oxygen atoms in total. The van der Waals surface area contributed by atoms with E-state index in [2.05, 4.69) is 21.9 Å². The van der Waals surface area contributed by atoms with Gasteiger partial charge in [0, 0.05) is 25.8 Å². The minimum atomic E-state index is -1.15. The molecule has 0 aromatic rings. The van der Waals surface area contributed by atoms with E-state index in [9.17, 15) is 29.1 Å². The molecule has 0 spiro atoms. The molecule has 0 radical (unpaired) electrons. The highest BCUT2D eigenvalue weighted by Gasteiger charge is 2.20. The summed E-state index contributed by atoms with van der Waals surface area (Å²) >= 11 is 0. The van der Waals surface area contributed by atoms with Crippen molar-refractivity contribution in [3.8, 4) is 0 Å². The standard InChI is InChI=1S/C27H50N4O7/c28-31-22(21-32)15-13-14-20-29-24(33)19-18-23(27(37)38)30-25(34)16-11-9-7-5-3-1-2-4-6-8-10-12-17-26(35)36/h21-23,31H,1-20,28H2,(H,29,33)(H,30,34)(H,35,36)(H,37,38)/p+1/t22-,23-/m0/s1. The third-order valence-electron chi connectivity index (χ3n) is 6.53. The second-order valence-electron chi connectivity index (χ2n) is 9.93. The number of nitrogens with one attached hydrogen (secondary N) is 3. The molecule has 0 aliphatic carbocycles. The Morgan fingerprint density at radius 2 is 1.18 bits per heavy atom. The average molecular weight is 544 g/mol. The number of hydrogen-bond acceptors (Lipinski definition) is 6. The number of carbonyl (C=O) groups is 5. The van der Waals surface area contributed by atoms with Crippen molar-refractivity contribution in [3.05, 3.63) is 0 Å². The predicted molar refractivity (Wildman–Crippen MR) is 144 cm³/mol. The summed E-state index contributed by atoms with van der Waals surface area (Å²) in [5.41, 5.74) is 2.64. The first kappa shape index (κ1) is 35.5. The van der Waals surface area contributed by atoms with Gasteiger partial charge in [-0.1, -0.05) is 64.2 Å². The molecule has 0 aromatic carbocycles. The zero-order valence-electron chi connectivity index (χ0n) is 23.0. The van der Waals surface area contributed by atoms with Gasteiger partial charge in [-0.15, -0.1) is 0 Å². The topological polar surface area (TPSA) is 190 Å². The number of rotatable bonds is 27. The third kappa shape index (κ3) is 22.7. The van der Waals surface area contributed by atoms with Crippen molar-refractivity contribution in [3.63, 3.8) is 0 Å². The van der Waals surface area contributed by atoms with E-state index in [4.69, 9.17) is 5.11 Å². The molecule has 0 aliphatic heterocycles. The van der Waals surface area contributed by atoms with Gasteiger partial charge in [-0.3, -0.25) is 20.2 Å². The van der Waals surface area contributed by atoms with Gasteiger partial charge in [-0.05, 0) is 38.5 Å². The van der Waals surface area contributed by atoms with Crippen LogP contribution in [0.3, 0.4) is 0 Å². The quantitative estimate of drug-likeness (QED) is 0.0517. The van der Waals surface area contributed by atoms with Crippen LogP contribution in [0.2, 0.25) is 0 Å². The van der Waals surface area contributed by atoms with Crippen LogP contribution in [0.5, 0.6) is 0 Å². The summed E-state index contributed by atoms with van der Waals surface area (Å²) in [5, 5.41) is 23.2. The van der Waals surface area contributed by atoms with Crippen molar-refractivity contribution in [2.24, 2.45) is 0 Å². The van der Waals surface area contributed by atoms with Crippen LogP contribution in [0.15, 0.2) is 0 Å². The first-order valence-corrected chi connectivity index (χ1v) is 14.3. The van der Waals surface area contributed by atoms with Crippen LogP contribution in [-0.4, -0.2) is 58.9 Å². The van der Waals surface area contributed by atoms with Crippen molar-refractivity contribution in [1.82, 2.24) is 16.1 Å². The van der Waals surface area contributed by atoms with Crippen LogP contribution in [0.1, 0.15) is 122 Å². The molecule has 0 aliphatic rings. The SMILES string of the molecule is [NH3+]N[C@H](C=O)CCCCNC(=O)CC[C@H](NC(=O)CCCCCCCCCCCCCCC(=O)O)C(=O)O. The number of hydrogen-bond donors (Lipinski definition) is 6. The average Bonchev–Trinajstić information content (AvgIpc) is 2.88. The van der Waals surface area contributed by atoms with E-state index in [1.165, 1.54) is 25.7 Å². The van der Waals surface area contributed by atoms with Crippen LogP contribution >= 0.6 is 0 Å². The summed E-state index contributed by atoms with van der Waals surface area (Å²) in [4.78, 5) is 56.8. The van der Waals surface area contributed by atoms with Crippen LogP contribution in [0, 0.1) is 0 Å². The smallest absolute Gasteiger partial charge is 0.326 e. The monoisotopic (exact) mass is 543 g/mol. The lowest BCUT2D eigenvalue weighted by molar-refractivity contribution is -0.448. The van der Waals surface area contributed by atoms with Gasteiger partial charge in [0.1, 0.15) is 18.4 Å². The summed E-state index contributed by atoms with van der Waals surface area (Å²) in [7, 11) is 0. The number of amides is 2. The molecule has 2 amide bonds. The Bertz CT molecular complexity index is 676. The van der Waals surface area contributed by atoms with E-state index >= 15 is 0 Å². The molecule has 0 unspecified atom stereocenters. The number of carboxylic acid groups (broad SMARTS) is 2. The van der Waals surface area contributed by atoms with E-state index in [1.807, 2.05) is 0 Å². The van der Waals surface area contributed by atoms with Gasteiger partial charge in [-0.25, -0.2) is 4.79 Å². The molecule has 0 heterocycles. The Morgan fingerprint density at radius 1 is 0.658 bits per heavy atom. The molecule has 0 saturated carbocycles. The van der Waals surface area contributed by atoms with Crippen LogP contribution in [0.4, 0.5) is 0 Å². The van der Waals surface area contributed by atoms with Gasteiger partial charge in [0.2, 0.25) is 11.8 Å². The van der Waals surface area contributed by atoms with Crippen molar-refractivity contribution < 1.29 is 40.0 Å². The van der Waals surface area contributed by atoms with Gasteiger partial charge in [0.05, 0.1) is 0 Å². The lowest BCUT2D eigenvalue weighted by atomic mass is 10.0. The van der Waals surface area contributed by atoms with Gasteiger partial charge in [0.25, 0.3) is 0 Å². The Labute approximate surface area is 227 Å². The largest absolute Gasteiger partial charge is 0.481 e. The van der Waals surface area contributed by atoms with Crippen molar-refractivity contribution >= 4 is 30.0 Å². The fourth-order valence-electron chi connectivity index (χ4n) is 4.15. The van der Waals surface area contributed by atoms with E-state index in [0.29, 0.717) is 25.8 Å². The van der Waals surface area contributed by atoms with E-state index in [1.54, 1.807) is 0 Å². The van der Waals surface area contributed by atoms with E-state index in [-0.39, 0.29) is 43.5 Å². The molecule has 11 heteroatoms. The molecular formula is C27H51N4O7+. The predicted octanol–water partition coefficient (Wildman–Crippen LogP) is 2.48. The highest BCUT2D eigenvalue weighted by Crippen LogP contribution is 2.13. The zero-order chi connectivity index (χ0) is 28.4. The molecular weight excluding hydrogens is 492 g/mol. The van der Waals surface area contributed by atoms with Gasteiger partial charge >= 0.3 is 11.9 Å². The molecule has 8 N–H and O–H groups in total. The molecule has 0 aromatic heterocycles.